The van der Waals surface area contributed by atoms with Crippen molar-refractivity contribution in [2.45, 2.75) is 29.7 Å². The molecule has 9 nitrogen and oxygen atoms in total. The summed E-state index contributed by atoms with van der Waals surface area (Å²) in [6.07, 6.45) is -4.58. The minimum Gasteiger partial charge on any atom is -0.494 e. The number of alkyl halides is 3. The van der Waals surface area contributed by atoms with Crippen molar-refractivity contribution >= 4 is 34.3 Å². The van der Waals surface area contributed by atoms with E-state index < -0.39 is 53.2 Å². The number of nitrogens with zero attached hydrogens (tertiary/aromatic N) is 2. The molecule has 1 unspecified atom stereocenters. The largest absolute Gasteiger partial charge is 0.494 e. The van der Waals surface area contributed by atoms with Crippen molar-refractivity contribution in [3.63, 3.8) is 0 Å². The molecule has 2 aliphatic rings. The molecule has 4 aromatic rings. The summed E-state index contributed by atoms with van der Waals surface area (Å²) >= 11 is 6.01. The van der Waals surface area contributed by atoms with Gasteiger partial charge in [0.2, 0.25) is 11.5 Å². The third-order valence-corrected chi connectivity index (χ3v) is 7.97. The number of nitrogens with one attached hydrogen (secondary N) is 1. The Morgan fingerprint density at radius 2 is 1.93 bits per heavy atom. The molecule has 0 spiro atoms. The number of nitrogens with two attached hydrogens (primary N) is 1. The van der Waals surface area contributed by atoms with Crippen LogP contribution < -0.4 is 20.5 Å². The van der Waals surface area contributed by atoms with Gasteiger partial charge in [-0.3, -0.25) is 14.6 Å². The molecule has 0 radical (unpaired) electrons. The number of pyridine rings is 2. The first kappa shape index (κ1) is 28.6. The Morgan fingerprint density at radius 3 is 2.58 bits per heavy atom. The van der Waals surface area contributed by atoms with Crippen LogP contribution in [0.1, 0.15) is 28.0 Å². The normalized spacial score (nSPS) is 20.0. The van der Waals surface area contributed by atoms with E-state index >= 15 is 0 Å². The lowest BCUT2D eigenvalue weighted by Gasteiger charge is -2.31. The minimum atomic E-state index is -5.36. The zero-order valence-corrected chi connectivity index (χ0v) is 22.9. The van der Waals surface area contributed by atoms with Crippen LogP contribution >= 0.6 is 11.6 Å². The van der Waals surface area contributed by atoms with E-state index in [1.807, 2.05) is 0 Å². The first-order valence-electron chi connectivity index (χ1n) is 12.8. The molecule has 3 heterocycles. The summed E-state index contributed by atoms with van der Waals surface area (Å²) in [6, 6.07) is 9.77. The van der Waals surface area contributed by atoms with Gasteiger partial charge in [0.05, 0.1) is 24.4 Å². The SMILES string of the molecule is COc1cc(C(=O)NC[C@](O)(c2cc3c(c(-c4ccc(F)cc4)n2)OC2C[C@@]32C(N)=O)C(F)(F)F)cc2cc(Cl)cnc12. The number of benzene rings is 2. The van der Waals surface area contributed by atoms with Crippen molar-refractivity contribution in [3.8, 4) is 22.8 Å². The van der Waals surface area contributed by atoms with Crippen molar-refractivity contribution < 1.29 is 41.7 Å². The van der Waals surface area contributed by atoms with Crippen LogP contribution in [0.3, 0.4) is 0 Å². The number of fused-ring (bicyclic) bond motifs is 4. The lowest BCUT2D eigenvalue weighted by molar-refractivity contribution is -0.265. The summed E-state index contributed by atoms with van der Waals surface area (Å²) in [6.45, 7) is -1.36. The highest BCUT2D eigenvalue weighted by Gasteiger charge is 2.69. The maximum atomic E-state index is 14.7. The van der Waals surface area contributed by atoms with Gasteiger partial charge in [-0.2, -0.15) is 13.2 Å². The molecule has 0 bridgehead atoms. The number of aromatic nitrogens is 2. The van der Waals surface area contributed by atoms with Gasteiger partial charge in [-0.05, 0) is 48.5 Å². The van der Waals surface area contributed by atoms with Gasteiger partial charge in [0.1, 0.15) is 34.3 Å². The molecule has 3 atom stereocenters. The monoisotopic (exact) mass is 616 g/mol. The lowest BCUT2D eigenvalue weighted by atomic mass is 9.89. The summed E-state index contributed by atoms with van der Waals surface area (Å²) in [5.74, 6) is -2.21. The summed E-state index contributed by atoms with van der Waals surface area (Å²) in [5.41, 5.74) is -0.114. The summed E-state index contributed by atoms with van der Waals surface area (Å²) in [5, 5.41) is 14.0. The van der Waals surface area contributed by atoms with Crippen LogP contribution in [-0.4, -0.2) is 52.8 Å². The number of aliphatic hydroxyl groups is 1. The predicted molar refractivity (Wildman–Crippen MR) is 145 cm³/mol. The van der Waals surface area contributed by atoms with Gasteiger partial charge in [0, 0.05) is 34.7 Å². The number of rotatable bonds is 7. The van der Waals surface area contributed by atoms with Crippen molar-refractivity contribution in [3.05, 3.63) is 82.4 Å². The van der Waals surface area contributed by atoms with Crippen LogP contribution in [0.5, 0.6) is 11.5 Å². The molecule has 222 valence electrons. The van der Waals surface area contributed by atoms with Crippen LogP contribution in [0.25, 0.3) is 22.2 Å². The first-order valence-corrected chi connectivity index (χ1v) is 13.2. The lowest BCUT2D eigenvalue weighted by Crippen LogP contribution is -2.51. The highest BCUT2D eigenvalue weighted by atomic mass is 35.5. The molecule has 0 saturated heterocycles. The van der Waals surface area contributed by atoms with E-state index in [1.54, 1.807) is 0 Å². The molecule has 2 aromatic carbocycles. The van der Waals surface area contributed by atoms with E-state index in [-0.39, 0.29) is 45.3 Å². The number of methoxy groups -OCH3 is 1. The van der Waals surface area contributed by atoms with Gasteiger partial charge in [0.25, 0.3) is 5.91 Å². The van der Waals surface area contributed by atoms with E-state index in [0.717, 1.165) is 18.2 Å². The van der Waals surface area contributed by atoms with Gasteiger partial charge in [-0.15, -0.1) is 0 Å². The van der Waals surface area contributed by atoms with E-state index in [0.29, 0.717) is 10.9 Å². The average Bonchev–Trinajstić information content (AvgIpc) is 3.61. The Hall–Kier alpha value is -4.49. The molecule has 2 amide bonds. The van der Waals surface area contributed by atoms with E-state index in [1.165, 1.54) is 43.6 Å². The fourth-order valence-electron chi connectivity index (χ4n) is 5.32. The Bertz CT molecular complexity index is 1820. The smallest absolute Gasteiger partial charge is 0.424 e. The molecule has 1 aliphatic heterocycles. The fraction of sp³-hybridized carbons (Fsp3) is 0.241. The van der Waals surface area contributed by atoms with Crippen molar-refractivity contribution in [1.82, 2.24) is 15.3 Å². The third kappa shape index (κ3) is 4.50. The van der Waals surface area contributed by atoms with Crippen molar-refractivity contribution in [1.29, 1.82) is 0 Å². The molecular formula is C29H21ClF4N4O5. The van der Waals surface area contributed by atoms with Crippen LogP contribution in [-0.2, 0) is 15.8 Å². The zero-order valence-electron chi connectivity index (χ0n) is 22.1. The number of halogens is 5. The highest BCUT2D eigenvalue weighted by Crippen LogP contribution is 2.61. The number of carbonyl (C=O) groups is 2. The highest BCUT2D eigenvalue weighted by molar-refractivity contribution is 6.31. The van der Waals surface area contributed by atoms with Crippen LogP contribution in [0.4, 0.5) is 17.6 Å². The Labute approximate surface area is 245 Å². The first-order chi connectivity index (χ1) is 20.3. The second-order valence-electron chi connectivity index (χ2n) is 10.3. The second-order valence-corrected chi connectivity index (χ2v) is 10.8. The van der Waals surface area contributed by atoms with E-state index in [2.05, 4.69) is 15.3 Å². The summed E-state index contributed by atoms with van der Waals surface area (Å²) in [4.78, 5) is 33.8. The van der Waals surface area contributed by atoms with Gasteiger partial charge in [-0.1, -0.05) is 11.6 Å². The quantitative estimate of drug-likeness (QED) is 0.265. The topological polar surface area (TPSA) is 137 Å². The fourth-order valence-corrected chi connectivity index (χ4v) is 5.48. The molecule has 4 N–H and O–H groups in total. The van der Waals surface area contributed by atoms with Crippen molar-refractivity contribution in [2.24, 2.45) is 5.73 Å². The number of ether oxygens (including phenoxy) is 2. The molecular weight excluding hydrogens is 596 g/mol. The van der Waals surface area contributed by atoms with Gasteiger partial charge < -0.3 is 25.6 Å². The molecule has 6 rings (SSSR count). The maximum absolute atomic E-state index is 14.7. The number of hydrogen-bond acceptors (Lipinski definition) is 7. The minimum absolute atomic E-state index is 0.00879. The second kappa shape index (κ2) is 9.78. The molecule has 1 aliphatic carbocycles. The summed E-state index contributed by atoms with van der Waals surface area (Å²) < 4.78 is 68.7. The summed E-state index contributed by atoms with van der Waals surface area (Å²) in [7, 11) is 1.33. The number of carbonyl (C=O) groups excluding carboxylic acids is 2. The number of primary amides is 1. The maximum Gasteiger partial charge on any atom is 0.424 e. The Balaban J connectivity index is 1.42. The third-order valence-electron chi connectivity index (χ3n) is 7.76. The van der Waals surface area contributed by atoms with E-state index in [4.69, 9.17) is 26.8 Å². The molecule has 43 heavy (non-hydrogen) atoms. The standard InChI is InChI=1S/C29H21ClF4N4O5/c1-42-19-8-15(6-14-7-16(30)11-36-22(14)19)25(39)37-12-28(41,29(32,33)34)20-9-18-24(43-21-10-27(18,21)26(35)40)23(38-20)13-2-4-17(31)5-3-13/h2-9,11,21,41H,10,12H2,1H3,(H2,35,40)(H,37,39)/t21?,27-,28+/m1/s1. The predicted octanol–water partition coefficient (Wildman–Crippen LogP) is 4.17. The van der Waals surface area contributed by atoms with Gasteiger partial charge in [-0.25, -0.2) is 9.37 Å². The van der Waals surface area contributed by atoms with Crippen molar-refractivity contribution in [2.75, 3.05) is 13.7 Å². The molecule has 1 saturated carbocycles. The van der Waals surface area contributed by atoms with E-state index in [9.17, 15) is 32.3 Å². The molecule has 1 fully saturated rings. The van der Waals surface area contributed by atoms with Gasteiger partial charge >= 0.3 is 6.18 Å². The zero-order chi connectivity index (χ0) is 30.9. The van der Waals surface area contributed by atoms with Gasteiger partial charge in [0.15, 0.2) is 5.75 Å². The average molecular weight is 617 g/mol. The number of amides is 2. The van der Waals surface area contributed by atoms with Crippen LogP contribution in [0, 0.1) is 5.82 Å². The van der Waals surface area contributed by atoms with Crippen LogP contribution in [0.15, 0.2) is 54.7 Å². The Morgan fingerprint density at radius 1 is 1.21 bits per heavy atom. The Kier molecular flexibility index (Phi) is 6.51. The molecule has 14 heteroatoms. The number of hydrogen-bond donors (Lipinski definition) is 3. The molecule has 2 aromatic heterocycles. The van der Waals surface area contributed by atoms with Crippen LogP contribution in [0.2, 0.25) is 5.02 Å².